The van der Waals surface area contributed by atoms with Crippen molar-refractivity contribution >= 4 is 101 Å². The van der Waals surface area contributed by atoms with Gasteiger partial charge in [0.25, 0.3) is 0 Å². The summed E-state index contributed by atoms with van der Waals surface area (Å²) in [5.41, 5.74) is 7.25. The second-order valence-electron chi connectivity index (χ2n) is 17.2. The zero-order valence-corrected chi connectivity index (χ0v) is 37.1. The maximum absolute atomic E-state index is 3.03. The molecule has 3 heterocycles. The third-order valence-electron chi connectivity index (χ3n) is 14.1. The fourth-order valence-corrected chi connectivity index (χ4v) is 23.8. The fourth-order valence-electron chi connectivity index (χ4n) is 11.7. The molecule has 0 aliphatic carbocycles. The molecular formula is C60H42N2Si2. The monoisotopic (exact) mass is 846 g/mol. The molecule has 4 heteroatoms. The van der Waals surface area contributed by atoms with Crippen molar-refractivity contribution in [2.75, 3.05) is 0 Å². The summed E-state index contributed by atoms with van der Waals surface area (Å²) in [6.45, 7) is 0. The van der Waals surface area contributed by atoms with Crippen LogP contribution >= 0.6 is 0 Å². The highest BCUT2D eigenvalue weighted by Crippen LogP contribution is 2.33. The lowest BCUT2D eigenvalue weighted by molar-refractivity contribution is 1.18. The van der Waals surface area contributed by atoms with Crippen LogP contribution in [0.1, 0.15) is 0 Å². The van der Waals surface area contributed by atoms with Crippen molar-refractivity contribution in [3.8, 4) is 11.4 Å². The molecule has 0 N–H and O–H groups in total. The summed E-state index contributed by atoms with van der Waals surface area (Å²) in [6, 6.07) is 96.7. The highest BCUT2D eigenvalue weighted by molar-refractivity contribution is 7.32. The third-order valence-corrected chi connectivity index (χ3v) is 24.3. The van der Waals surface area contributed by atoms with E-state index in [2.05, 4.69) is 264 Å². The first-order valence-corrected chi connectivity index (χ1v) is 26.3. The highest BCUT2D eigenvalue weighted by atomic mass is 28.3. The highest BCUT2D eigenvalue weighted by Gasteiger charge is 2.56. The van der Waals surface area contributed by atoms with Crippen molar-refractivity contribution in [2.45, 2.75) is 0 Å². The summed E-state index contributed by atoms with van der Waals surface area (Å²) in [4.78, 5) is 0. The molecule has 2 nitrogen and oxygen atoms in total. The Morgan fingerprint density at radius 1 is 0.219 bits per heavy atom. The van der Waals surface area contributed by atoms with Crippen LogP contribution in [0, 0.1) is 0 Å². The van der Waals surface area contributed by atoms with Gasteiger partial charge >= 0.3 is 0 Å². The largest absolute Gasteiger partial charge is 0.309 e. The summed E-state index contributed by atoms with van der Waals surface area (Å²) < 4.78 is 4.95. The molecule has 300 valence electrons. The van der Waals surface area contributed by atoms with Gasteiger partial charge < -0.3 is 9.13 Å². The second-order valence-corrected chi connectivity index (χ2v) is 24.6. The molecule has 0 bridgehead atoms. The van der Waals surface area contributed by atoms with E-state index in [1.165, 1.54) is 96.5 Å². The Morgan fingerprint density at radius 3 is 0.812 bits per heavy atom. The Labute approximate surface area is 374 Å². The summed E-state index contributed by atoms with van der Waals surface area (Å²) >= 11 is 0. The quantitative estimate of drug-likeness (QED) is 0.148. The van der Waals surface area contributed by atoms with Gasteiger partial charge in [-0.25, -0.2) is 0 Å². The lowest BCUT2D eigenvalue weighted by Crippen LogP contribution is -2.93. The smallest absolute Gasteiger partial charge is 0.179 e. The van der Waals surface area contributed by atoms with Gasteiger partial charge in [0.15, 0.2) is 16.1 Å². The Bertz CT molecular complexity index is 3350. The summed E-state index contributed by atoms with van der Waals surface area (Å²) in [7, 11) is -6.07. The maximum Gasteiger partial charge on any atom is 0.179 e. The Balaban J connectivity index is 1.13. The van der Waals surface area contributed by atoms with Crippen LogP contribution < -0.4 is 41.5 Å². The lowest BCUT2D eigenvalue weighted by Gasteiger charge is -2.48. The first-order valence-electron chi connectivity index (χ1n) is 22.3. The van der Waals surface area contributed by atoms with Crippen LogP contribution in [-0.2, 0) is 0 Å². The van der Waals surface area contributed by atoms with Crippen molar-refractivity contribution in [2.24, 2.45) is 0 Å². The zero-order chi connectivity index (χ0) is 42.2. The Morgan fingerprint density at radius 2 is 0.484 bits per heavy atom. The van der Waals surface area contributed by atoms with E-state index in [4.69, 9.17) is 0 Å². The SMILES string of the molecule is c1ccc([Si]2(c3cccc(-n4c5ccccc5c5ccccc54)c3)c3ccccc3[Si](c3ccccc3)(c3cccc(-n4c5ccccc5c5ccccc54)c3)c3ccccc32)cc1. The van der Waals surface area contributed by atoms with Gasteiger partial charge in [-0.05, 0) is 90.0 Å². The van der Waals surface area contributed by atoms with Crippen LogP contribution in [0.15, 0.2) is 255 Å². The molecule has 12 aromatic rings. The number of para-hydroxylation sites is 4. The number of hydrogen-bond donors (Lipinski definition) is 0. The summed E-state index contributed by atoms with van der Waals surface area (Å²) in [5, 5.41) is 16.5. The van der Waals surface area contributed by atoms with E-state index < -0.39 is 16.1 Å². The van der Waals surface area contributed by atoms with Gasteiger partial charge in [0.05, 0.1) is 22.1 Å². The molecular weight excluding hydrogens is 805 g/mol. The van der Waals surface area contributed by atoms with Crippen molar-refractivity contribution < 1.29 is 0 Å². The zero-order valence-electron chi connectivity index (χ0n) is 35.1. The molecule has 0 unspecified atom stereocenters. The molecule has 0 spiro atoms. The van der Waals surface area contributed by atoms with Gasteiger partial charge in [0.1, 0.15) is 0 Å². The molecule has 0 radical (unpaired) electrons. The topological polar surface area (TPSA) is 9.86 Å². The van der Waals surface area contributed by atoms with E-state index in [-0.39, 0.29) is 0 Å². The molecule has 10 aromatic carbocycles. The van der Waals surface area contributed by atoms with E-state index in [0.717, 1.165) is 0 Å². The Kier molecular flexibility index (Phi) is 8.29. The van der Waals surface area contributed by atoms with Crippen LogP contribution in [0.4, 0.5) is 0 Å². The summed E-state index contributed by atoms with van der Waals surface area (Å²) in [6.07, 6.45) is 0. The first-order chi connectivity index (χ1) is 31.8. The number of fused-ring (bicyclic) bond motifs is 8. The third kappa shape index (κ3) is 5.06. The van der Waals surface area contributed by atoms with E-state index in [9.17, 15) is 0 Å². The fraction of sp³-hybridized carbons (Fsp3) is 0. The minimum absolute atomic E-state index is 1.18. The minimum atomic E-state index is -3.03. The van der Waals surface area contributed by atoms with Crippen LogP contribution in [-0.4, -0.2) is 25.3 Å². The van der Waals surface area contributed by atoms with Crippen molar-refractivity contribution in [3.05, 3.63) is 255 Å². The van der Waals surface area contributed by atoms with Gasteiger partial charge in [0.2, 0.25) is 0 Å². The summed E-state index contributed by atoms with van der Waals surface area (Å²) in [5.74, 6) is 0. The number of benzene rings is 10. The number of aromatic nitrogens is 2. The molecule has 0 atom stereocenters. The average molecular weight is 847 g/mol. The number of rotatable bonds is 6. The predicted octanol–water partition coefficient (Wildman–Crippen LogP) is 8.95. The van der Waals surface area contributed by atoms with E-state index in [1.54, 1.807) is 0 Å². The molecule has 13 rings (SSSR count). The van der Waals surface area contributed by atoms with Crippen LogP contribution in [0.3, 0.4) is 0 Å². The van der Waals surface area contributed by atoms with E-state index >= 15 is 0 Å². The molecule has 0 fully saturated rings. The standard InChI is InChI=1S/C60H42N2Si2/c1-3-23-45(24-4-1)63(47-27-19-21-43(41-47)61-53-33-11-7-29-49(53)50-30-8-12-34-54(50)61)57-37-15-17-39-59(57)64(46-25-5-2-6-26-46,60-40-18-16-38-58(60)63)48-28-20-22-44(42-48)62-55-35-13-9-31-51(55)52-32-10-14-36-56(52)62/h1-42H. The van der Waals surface area contributed by atoms with Crippen LogP contribution in [0.25, 0.3) is 55.0 Å². The van der Waals surface area contributed by atoms with Crippen molar-refractivity contribution in [3.63, 3.8) is 0 Å². The number of nitrogens with zero attached hydrogens (tertiary/aromatic N) is 2. The molecule has 64 heavy (non-hydrogen) atoms. The van der Waals surface area contributed by atoms with Gasteiger partial charge in [-0.1, -0.05) is 206 Å². The molecule has 0 saturated heterocycles. The lowest BCUT2D eigenvalue weighted by atomic mass is 10.2. The van der Waals surface area contributed by atoms with Gasteiger partial charge in [0, 0.05) is 32.9 Å². The minimum Gasteiger partial charge on any atom is -0.309 e. The van der Waals surface area contributed by atoms with Gasteiger partial charge in [-0.3, -0.25) is 0 Å². The second kappa shape index (κ2) is 14.4. The normalized spacial score (nSPS) is 16.9. The molecule has 0 saturated carbocycles. The van der Waals surface area contributed by atoms with Gasteiger partial charge in [-0.2, -0.15) is 0 Å². The molecule has 2 aromatic heterocycles. The van der Waals surface area contributed by atoms with Crippen LogP contribution in [0.2, 0.25) is 0 Å². The van der Waals surface area contributed by atoms with Crippen molar-refractivity contribution in [1.82, 2.24) is 9.13 Å². The van der Waals surface area contributed by atoms with Crippen LogP contribution in [0.5, 0.6) is 0 Å². The first kappa shape index (κ1) is 36.8. The van der Waals surface area contributed by atoms with E-state index in [0.29, 0.717) is 0 Å². The Hall–Kier alpha value is -7.77. The molecule has 1 aliphatic heterocycles. The molecule has 1 aliphatic rings. The van der Waals surface area contributed by atoms with Crippen molar-refractivity contribution in [1.29, 1.82) is 0 Å². The predicted molar refractivity (Wildman–Crippen MR) is 276 cm³/mol. The maximum atomic E-state index is 2.53. The molecule has 0 amide bonds. The average Bonchev–Trinajstić information content (AvgIpc) is 3.89. The van der Waals surface area contributed by atoms with Gasteiger partial charge in [-0.15, -0.1) is 0 Å². The number of hydrogen-bond acceptors (Lipinski definition) is 0. The van der Waals surface area contributed by atoms with E-state index in [1.807, 2.05) is 0 Å².